The number of aliphatic hydroxyl groups is 1. The summed E-state index contributed by atoms with van der Waals surface area (Å²) in [4.78, 5) is 12.8. The van der Waals surface area contributed by atoms with Crippen LogP contribution in [0, 0.1) is 0 Å². The van der Waals surface area contributed by atoms with Crippen molar-refractivity contribution in [2.45, 2.75) is 19.3 Å². The summed E-state index contributed by atoms with van der Waals surface area (Å²) in [5.74, 6) is 0.751. The summed E-state index contributed by atoms with van der Waals surface area (Å²) in [6.07, 6.45) is 2.93. The number of aliphatic hydroxyl groups excluding tert-OH is 1. The summed E-state index contributed by atoms with van der Waals surface area (Å²) < 4.78 is 5.56. The molecule has 0 saturated carbocycles. The van der Waals surface area contributed by atoms with Crippen LogP contribution in [-0.2, 0) is 17.6 Å². The van der Waals surface area contributed by atoms with E-state index in [2.05, 4.69) is 6.07 Å². The summed E-state index contributed by atoms with van der Waals surface area (Å²) >= 11 is 0. The molecule has 1 aromatic carbocycles. The van der Waals surface area contributed by atoms with Gasteiger partial charge in [0.15, 0.2) is 0 Å². The molecule has 4 nitrogen and oxygen atoms in total. The van der Waals surface area contributed by atoms with Crippen molar-refractivity contribution in [1.29, 1.82) is 0 Å². The third-order valence-corrected chi connectivity index (χ3v) is 3.27. The first kappa shape index (κ1) is 12.9. The molecule has 0 atom stereocenters. The van der Waals surface area contributed by atoms with E-state index in [1.165, 1.54) is 11.1 Å². The third kappa shape index (κ3) is 3.01. The predicted octanol–water partition coefficient (Wildman–Crippen LogP) is 1.00. The molecular weight excluding hydrogens is 230 g/mol. The number of carbonyl (C=O) groups is 1. The number of nitrogens with zero attached hydrogens (tertiary/aromatic N) is 1. The van der Waals surface area contributed by atoms with Gasteiger partial charge in [-0.2, -0.15) is 0 Å². The first-order chi connectivity index (χ1) is 8.70. The van der Waals surface area contributed by atoms with Crippen molar-refractivity contribution in [1.82, 2.24) is 4.90 Å². The Morgan fingerprint density at radius 3 is 3.11 bits per heavy atom. The molecule has 0 unspecified atom stereocenters. The zero-order valence-corrected chi connectivity index (χ0v) is 10.7. The average Bonchev–Trinajstić information content (AvgIpc) is 2.43. The number of amides is 1. The topological polar surface area (TPSA) is 49.8 Å². The molecule has 1 heterocycles. The average molecular weight is 249 g/mol. The molecule has 1 aliphatic heterocycles. The lowest BCUT2D eigenvalue weighted by Gasteiger charge is -2.19. The molecule has 2 rings (SSSR count). The van der Waals surface area contributed by atoms with E-state index in [-0.39, 0.29) is 5.91 Å². The second-order valence-corrected chi connectivity index (χ2v) is 4.62. The Morgan fingerprint density at radius 2 is 2.33 bits per heavy atom. The molecule has 1 N–H and O–H groups in total. The molecule has 0 radical (unpaired) electrons. The van der Waals surface area contributed by atoms with Gasteiger partial charge in [0.2, 0.25) is 5.91 Å². The van der Waals surface area contributed by atoms with E-state index in [0.717, 1.165) is 31.6 Å². The molecule has 0 spiro atoms. The Hall–Kier alpha value is -1.55. The minimum Gasteiger partial charge on any atom is -0.493 e. The smallest absolute Gasteiger partial charge is 0.248 e. The van der Waals surface area contributed by atoms with Crippen molar-refractivity contribution in [2.75, 3.05) is 26.8 Å². The number of ether oxygens (including phenoxy) is 1. The maximum atomic E-state index is 11.2. The summed E-state index contributed by atoms with van der Waals surface area (Å²) in [7, 11) is 1.71. The van der Waals surface area contributed by atoms with E-state index < -0.39 is 6.61 Å². The summed E-state index contributed by atoms with van der Waals surface area (Å²) in [6.45, 7) is 1.01. The SMILES string of the molecule is CN(CCc1ccc2c(c1)CCCO2)C(=O)CO. The van der Waals surface area contributed by atoms with Gasteiger partial charge in [-0.25, -0.2) is 0 Å². The summed E-state index contributed by atoms with van der Waals surface area (Å²) in [5.41, 5.74) is 2.46. The van der Waals surface area contributed by atoms with Gasteiger partial charge >= 0.3 is 0 Å². The largest absolute Gasteiger partial charge is 0.493 e. The molecule has 98 valence electrons. The monoisotopic (exact) mass is 249 g/mol. The van der Waals surface area contributed by atoms with Crippen LogP contribution in [0.5, 0.6) is 5.75 Å². The number of rotatable bonds is 4. The molecule has 1 aromatic rings. The fourth-order valence-corrected chi connectivity index (χ4v) is 2.11. The van der Waals surface area contributed by atoms with E-state index in [4.69, 9.17) is 9.84 Å². The van der Waals surface area contributed by atoms with E-state index in [9.17, 15) is 4.79 Å². The maximum absolute atomic E-state index is 11.2. The van der Waals surface area contributed by atoms with E-state index in [0.29, 0.717) is 6.54 Å². The van der Waals surface area contributed by atoms with Crippen LogP contribution in [0.3, 0.4) is 0 Å². The van der Waals surface area contributed by atoms with Crippen molar-refractivity contribution in [2.24, 2.45) is 0 Å². The zero-order chi connectivity index (χ0) is 13.0. The van der Waals surface area contributed by atoms with Gasteiger partial charge in [-0.05, 0) is 36.5 Å². The van der Waals surface area contributed by atoms with E-state index in [1.54, 1.807) is 11.9 Å². The molecule has 0 bridgehead atoms. The molecule has 4 heteroatoms. The van der Waals surface area contributed by atoms with Crippen molar-refractivity contribution >= 4 is 5.91 Å². The Balaban J connectivity index is 1.96. The van der Waals surface area contributed by atoms with Gasteiger partial charge in [-0.3, -0.25) is 4.79 Å². The Labute approximate surface area is 107 Å². The van der Waals surface area contributed by atoms with Crippen LogP contribution in [0.15, 0.2) is 18.2 Å². The number of carbonyl (C=O) groups excluding carboxylic acids is 1. The lowest BCUT2D eigenvalue weighted by molar-refractivity contribution is -0.132. The summed E-state index contributed by atoms with van der Waals surface area (Å²) in [6, 6.07) is 6.21. The highest BCUT2D eigenvalue weighted by molar-refractivity contribution is 5.76. The molecule has 1 amide bonds. The van der Waals surface area contributed by atoms with Crippen LogP contribution in [0.4, 0.5) is 0 Å². The number of benzene rings is 1. The van der Waals surface area contributed by atoms with E-state index >= 15 is 0 Å². The van der Waals surface area contributed by atoms with Crippen molar-refractivity contribution < 1.29 is 14.6 Å². The molecule has 18 heavy (non-hydrogen) atoms. The normalized spacial score (nSPS) is 13.7. The number of hydrogen-bond acceptors (Lipinski definition) is 3. The lowest BCUT2D eigenvalue weighted by Crippen LogP contribution is -2.31. The minimum absolute atomic E-state index is 0.240. The molecule has 0 fully saturated rings. The minimum atomic E-state index is -0.422. The highest BCUT2D eigenvalue weighted by Gasteiger charge is 2.11. The van der Waals surface area contributed by atoms with Crippen LogP contribution in [0.2, 0.25) is 0 Å². The summed E-state index contributed by atoms with van der Waals surface area (Å²) in [5, 5.41) is 8.75. The fraction of sp³-hybridized carbons (Fsp3) is 0.500. The van der Waals surface area contributed by atoms with Gasteiger partial charge in [-0.1, -0.05) is 12.1 Å². The standard InChI is InChI=1S/C14H19NO3/c1-15(14(17)10-16)7-6-11-4-5-13-12(9-11)3-2-8-18-13/h4-5,9,16H,2-3,6-8,10H2,1H3. The van der Waals surface area contributed by atoms with Gasteiger partial charge in [-0.15, -0.1) is 0 Å². The highest BCUT2D eigenvalue weighted by Crippen LogP contribution is 2.25. The first-order valence-corrected chi connectivity index (χ1v) is 6.30. The predicted molar refractivity (Wildman–Crippen MR) is 68.7 cm³/mol. The van der Waals surface area contributed by atoms with Crippen LogP contribution in [0.25, 0.3) is 0 Å². The number of likely N-dealkylation sites (N-methyl/N-ethyl adjacent to an activating group) is 1. The van der Waals surface area contributed by atoms with Crippen LogP contribution in [0.1, 0.15) is 17.5 Å². The number of aryl methyl sites for hydroxylation is 1. The van der Waals surface area contributed by atoms with E-state index in [1.807, 2.05) is 12.1 Å². The second kappa shape index (κ2) is 5.87. The number of fused-ring (bicyclic) bond motifs is 1. The van der Waals surface area contributed by atoms with Crippen LogP contribution < -0.4 is 4.74 Å². The highest BCUT2D eigenvalue weighted by atomic mass is 16.5. The number of hydrogen-bond donors (Lipinski definition) is 1. The van der Waals surface area contributed by atoms with Gasteiger partial charge in [0, 0.05) is 13.6 Å². The molecular formula is C14H19NO3. The van der Waals surface area contributed by atoms with Gasteiger partial charge in [0.05, 0.1) is 6.61 Å². The fourth-order valence-electron chi connectivity index (χ4n) is 2.11. The molecule has 0 saturated heterocycles. The molecule has 1 aliphatic rings. The van der Waals surface area contributed by atoms with Crippen LogP contribution >= 0.6 is 0 Å². The Morgan fingerprint density at radius 1 is 1.50 bits per heavy atom. The maximum Gasteiger partial charge on any atom is 0.248 e. The Kier molecular flexibility index (Phi) is 4.20. The zero-order valence-electron chi connectivity index (χ0n) is 10.7. The van der Waals surface area contributed by atoms with Crippen molar-refractivity contribution in [3.8, 4) is 5.75 Å². The molecule has 0 aromatic heterocycles. The second-order valence-electron chi connectivity index (χ2n) is 4.62. The van der Waals surface area contributed by atoms with Gasteiger partial charge < -0.3 is 14.7 Å². The van der Waals surface area contributed by atoms with Crippen LogP contribution in [-0.4, -0.2) is 42.7 Å². The lowest BCUT2D eigenvalue weighted by atomic mass is 10.0. The van der Waals surface area contributed by atoms with Crippen molar-refractivity contribution in [3.05, 3.63) is 29.3 Å². The van der Waals surface area contributed by atoms with Gasteiger partial charge in [0.1, 0.15) is 12.4 Å². The first-order valence-electron chi connectivity index (χ1n) is 6.30. The third-order valence-electron chi connectivity index (χ3n) is 3.27. The quantitative estimate of drug-likeness (QED) is 0.866. The van der Waals surface area contributed by atoms with Crippen molar-refractivity contribution in [3.63, 3.8) is 0 Å². The van der Waals surface area contributed by atoms with Gasteiger partial charge in [0.25, 0.3) is 0 Å². The Bertz CT molecular complexity index is 431. The molecule has 0 aliphatic carbocycles.